The van der Waals surface area contributed by atoms with Crippen LogP contribution >= 0.6 is 0 Å². The van der Waals surface area contributed by atoms with Crippen molar-refractivity contribution in [3.63, 3.8) is 0 Å². The van der Waals surface area contributed by atoms with Crippen molar-refractivity contribution in [2.45, 2.75) is 20.0 Å². The van der Waals surface area contributed by atoms with Gasteiger partial charge in [-0.15, -0.1) is 0 Å². The molecule has 3 heteroatoms. The minimum Gasteiger partial charge on any atom is -0.376 e. The fourth-order valence-corrected chi connectivity index (χ4v) is 0.468. The van der Waals surface area contributed by atoms with Crippen LogP contribution in [-0.4, -0.2) is 19.3 Å². The summed E-state index contributed by atoms with van der Waals surface area (Å²) in [6, 6.07) is 0. The number of nitrogens with two attached hydrogens (primary N) is 1. The molecule has 0 heterocycles. The van der Waals surface area contributed by atoms with E-state index in [4.69, 9.17) is 10.6 Å². The number of ether oxygens (including phenoxy) is 1. The molecule has 0 saturated carbocycles. The number of hydrogen-bond donors (Lipinski definition) is 1. The van der Waals surface area contributed by atoms with Crippen molar-refractivity contribution >= 4 is 0 Å². The van der Waals surface area contributed by atoms with Crippen LogP contribution in [0.4, 0.5) is 0 Å². The second-order valence-electron chi connectivity index (χ2n) is 1.60. The van der Waals surface area contributed by atoms with E-state index >= 15 is 0 Å². The van der Waals surface area contributed by atoms with E-state index in [0.29, 0.717) is 13.2 Å². The summed E-state index contributed by atoms with van der Waals surface area (Å²) in [6.45, 7) is 5.03. The molecule has 50 valence electrons. The molecule has 0 fully saturated rings. The van der Waals surface area contributed by atoms with Gasteiger partial charge in [0.15, 0.2) is 0 Å². The molecule has 0 aliphatic heterocycles. The van der Waals surface area contributed by atoms with E-state index in [1.807, 2.05) is 13.8 Å². The summed E-state index contributed by atoms with van der Waals surface area (Å²) in [7, 11) is 0. The van der Waals surface area contributed by atoms with E-state index in [1.165, 1.54) is 0 Å². The van der Waals surface area contributed by atoms with Crippen molar-refractivity contribution < 1.29 is 9.57 Å². The lowest BCUT2D eigenvalue weighted by Gasteiger charge is -2.07. The van der Waals surface area contributed by atoms with Gasteiger partial charge in [0.1, 0.15) is 0 Å². The summed E-state index contributed by atoms with van der Waals surface area (Å²) in [5.41, 5.74) is 0. The lowest BCUT2D eigenvalue weighted by atomic mass is 10.4. The quantitative estimate of drug-likeness (QED) is 0.541. The van der Waals surface area contributed by atoms with Gasteiger partial charge in [-0.3, -0.25) is 0 Å². The first kappa shape index (κ1) is 7.88. The van der Waals surface area contributed by atoms with E-state index in [0.717, 1.165) is 0 Å². The van der Waals surface area contributed by atoms with Crippen LogP contribution in [0.1, 0.15) is 13.8 Å². The van der Waals surface area contributed by atoms with E-state index in [2.05, 4.69) is 4.84 Å². The highest BCUT2D eigenvalue weighted by Crippen LogP contribution is 1.87. The third-order valence-electron chi connectivity index (χ3n) is 0.782. The molecular weight excluding hydrogens is 106 g/mol. The Labute approximate surface area is 49.7 Å². The highest BCUT2D eigenvalue weighted by molar-refractivity contribution is 4.42. The Kier molecular flexibility index (Phi) is 4.95. The third-order valence-corrected chi connectivity index (χ3v) is 0.782. The minimum atomic E-state index is 0.116. The fraction of sp³-hybridized carbons (Fsp3) is 1.00. The summed E-state index contributed by atoms with van der Waals surface area (Å²) in [4.78, 5) is 4.33. The van der Waals surface area contributed by atoms with Crippen LogP contribution in [0.2, 0.25) is 0 Å². The first-order valence-corrected chi connectivity index (χ1v) is 2.74. The van der Waals surface area contributed by atoms with Crippen LogP contribution in [0.5, 0.6) is 0 Å². The van der Waals surface area contributed by atoms with Crippen LogP contribution in [0.15, 0.2) is 0 Å². The number of hydrogen-bond acceptors (Lipinski definition) is 3. The van der Waals surface area contributed by atoms with Gasteiger partial charge in [-0.05, 0) is 13.8 Å². The molecule has 0 rings (SSSR count). The van der Waals surface area contributed by atoms with Gasteiger partial charge in [0, 0.05) is 6.61 Å². The maximum Gasteiger partial charge on any atom is 0.0938 e. The van der Waals surface area contributed by atoms with Crippen LogP contribution in [0, 0.1) is 0 Å². The Balaban J connectivity index is 2.92. The normalized spacial score (nSPS) is 13.9. The summed E-state index contributed by atoms with van der Waals surface area (Å²) in [6.07, 6.45) is 0.116. The molecule has 0 aromatic rings. The standard InChI is InChI=1S/C5H13NO2/c1-3-7-5(2)4-8-6/h5H,3-4,6H2,1-2H3. The molecule has 0 radical (unpaired) electrons. The molecule has 8 heavy (non-hydrogen) atoms. The van der Waals surface area contributed by atoms with Crippen LogP contribution in [-0.2, 0) is 9.57 Å². The first-order valence-electron chi connectivity index (χ1n) is 2.74. The zero-order chi connectivity index (χ0) is 6.41. The summed E-state index contributed by atoms with van der Waals surface area (Å²) in [5, 5.41) is 0. The van der Waals surface area contributed by atoms with Gasteiger partial charge in [-0.25, -0.2) is 5.90 Å². The van der Waals surface area contributed by atoms with Crippen LogP contribution in [0.25, 0.3) is 0 Å². The van der Waals surface area contributed by atoms with Crippen molar-refractivity contribution in [1.82, 2.24) is 0 Å². The average Bonchev–Trinajstić information content (AvgIpc) is 1.68. The molecule has 0 aromatic carbocycles. The highest BCUT2D eigenvalue weighted by atomic mass is 16.6. The van der Waals surface area contributed by atoms with Crippen molar-refractivity contribution in [2.75, 3.05) is 13.2 Å². The highest BCUT2D eigenvalue weighted by Gasteiger charge is 1.96. The molecule has 0 saturated heterocycles. The molecular formula is C5H13NO2. The molecule has 2 N–H and O–H groups in total. The lowest BCUT2D eigenvalue weighted by Crippen LogP contribution is -2.18. The fourth-order valence-electron chi connectivity index (χ4n) is 0.468. The van der Waals surface area contributed by atoms with Crippen LogP contribution < -0.4 is 5.90 Å². The monoisotopic (exact) mass is 119 g/mol. The molecule has 0 aliphatic carbocycles. The van der Waals surface area contributed by atoms with Crippen molar-refractivity contribution in [2.24, 2.45) is 5.90 Å². The van der Waals surface area contributed by atoms with E-state index in [-0.39, 0.29) is 6.10 Å². The van der Waals surface area contributed by atoms with Crippen molar-refractivity contribution in [3.05, 3.63) is 0 Å². The second-order valence-corrected chi connectivity index (χ2v) is 1.60. The summed E-state index contributed by atoms with van der Waals surface area (Å²) < 4.78 is 5.08. The first-order chi connectivity index (χ1) is 3.81. The average molecular weight is 119 g/mol. The van der Waals surface area contributed by atoms with Gasteiger partial charge in [-0.2, -0.15) is 0 Å². The molecule has 0 aromatic heterocycles. The topological polar surface area (TPSA) is 44.5 Å². The van der Waals surface area contributed by atoms with Crippen molar-refractivity contribution in [1.29, 1.82) is 0 Å². The maximum atomic E-state index is 5.08. The van der Waals surface area contributed by atoms with Crippen LogP contribution in [0.3, 0.4) is 0 Å². The molecule has 0 bridgehead atoms. The van der Waals surface area contributed by atoms with E-state index < -0.39 is 0 Å². The van der Waals surface area contributed by atoms with Gasteiger partial charge >= 0.3 is 0 Å². The van der Waals surface area contributed by atoms with Gasteiger partial charge in [-0.1, -0.05) is 0 Å². The Morgan fingerprint density at radius 2 is 2.25 bits per heavy atom. The Morgan fingerprint density at radius 3 is 2.62 bits per heavy atom. The number of rotatable bonds is 4. The second kappa shape index (κ2) is 5.03. The molecule has 3 nitrogen and oxygen atoms in total. The minimum absolute atomic E-state index is 0.116. The van der Waals surface area contributed by atoms with Gasteiger partial charge in [0.05, 0.1) is 12.7 Å². The molecule has 0 spiro atoms. The molecule has 0 amide bonds. The predicted octanol–water partition coefficient (Wildman–Crippen LogP) is 0.302. The zero-order valence-electron chi connectivity index (χ0n) is 5.39. The van der Waals surface area contributed by atoms with E-state index in [9.17, 15) is 0 Å². The lowest BCUT2D eigenvalue weighted by molar-refractivity contribution is -0.00201. The van der Waals surface area contributed by atoms with E-state index in [1.54, 1.807) is 0 Å². The SMILES string of the molecule is CCOC(C)CON. The van der Waals surface area contributed by atoms with Gasteiger partial charge in [0.2, 0.25) is 0 Å². The Bertz CT molecular complexity index is 43.7. The predicted molar refractivity (Wildman–Crippen MR) is 31.2 cm³/mol. The summed E-state index contributed by atoms with van der Waals surface area (Å²) >= 11 is 0. The summed E-state index contributed by atoms with van der Waals surface area (Å²) in [5.74, 6) is 4.78. The largest absolute Gasteiger partial charge is 0.376 e. The molecule has 0 aliphatic rings. The molecule has 1 unspecified atom stereocenters. The van der Waals surface area contributed by atoms with Gasteiger partial charge < -0.3 is 9.57 Å². The zero-order valence-corrected chi connectivity index (χ0v) is 5.39. The third kappa shape index (κ3) is 4.05. The molecule has 1 atom stereocenters. The maximum absolute atomic E-state index is 5.08. The Hall–Kier alpha value is -0.120. The van der Waals surface area contributed by atoms with Crippen molar-refractivity contribution in [3.8, 4) is 0 Å². The smallest absolute Gasteiger partial charge is 0.0938 e. The Morgan fingerprint density at radius 1 is 1.62 bits per heavy atom. The van der Waals surface area contributed by atoms with Gasteiger partial charge in [0.25, 0.3) is 0 Å².